The lowest BCUT2D eigenvalue weighted by atomic mass is 10.2. The summed E-state index contributed by atoms with van der Waals surface area (Å²) in [6.07, 6.45) is 1.12. The van der Waals surface area contributed by atoms with Crippen molar-refractivity contribution in [2.75, 3.05) is 0 Å². The van der Waals surface area contributed by atoms with Crippen LogP contribution in [0.3, 0.4) is 0 Å². The van der Waals surface area contributed by atoms with Crippen LogP contribution in [0.4, 0.5) is 0 Å². The van der Waals surface area contributed by atoms with Gasteiger partial charge in [-0.15, -0.1) is 0 Å². The van der Waals surface area contributed by atoms with E-state index in [9.17, 15) is 4.79 Å². The molecule has 1 N–H and O–H groups in total. The number of imidazole rings is 1. The second-order valence-electron chi connectivity index (χ2n) is 5.26. The van der Waals surface area contributed by atoms with Crippen molar-refractivity contribution < 1.29 is 14.6 Å². The minimum atomic E-state index is -0.909. The minimum absolute atomic E-state index is 0.277. The second kappa shape index (κ2) is 5.66. The van der Waals surface area contributed by atoms with E-state index in [-0.39, 0.29) is 6.10 Å². The van der Waals surface area contributed by atoms with E-state index in [0.29, 0.717) is 17.9 Å². The molecular formula is C15H17ClN2O3. The van der Waals surface area contributed by atoms with Crippen LogP contribution in [-0.2, 0) is 16.1 Å². The number of benzene rings is 1. The topological polar surface area (TPSA) is 64.4 Å². The van der Waals surface area contributed by atoms with Crippen molar-refractivity contribution in [1.29, 1.82) is 0 Å². The molecule has 0 saturated carbocycles. The number of fused-ring (bicyclic) bond motifs is 1. The molecule has 2 atom stereocenters. The molecule has 1 saturated heterocycles. The average molecular weight is 309 g/mol. The van der Waals surface area contributed by atoms with Gasteiger partial charge in [-0.05, 0) is 31.4 Å². The van der Waals surface area contributed by atoms with Crippen LogP contribution in [0, 0.1) is 0 Å². The molecule has 0 aliphatic carbocycles. The van der Waals surface area contributed by atoms with Gasteiger partial charge in [0.05, 0.1) is 16.1 Å². The summed E-state index contributed by atoms with van der Waals surface area (Å²) in [5, 5.41) is 9.72. The smallest absolute Gasteiger partial charge is 0.332 e. The maximum atomic E-state index is 11.0. The minimum Gasteiger partial charge on any atom is -0.479 e. The van der Waals surface area contributed by atoms with Crippen LogP contribution in [0.1, 0.15) is 38.1 Å². The summed E-state index contributed by atoms with van der Waals surface area (Å²) < 4.78 is 7.70. The van der Waals surface area contributed by atoms with Gasteiger partial charge in [-0.2, -0.15) is 0 Å². The lowest BCUT2D eigenvalue weighted by Gasteiger charge is -2.14. The molecule has 0 bridgehead atoms. The largest absolute Gasteiger partial charge is 0.479 e. The molecule has 0 amide bonds. The third kappa shape index (κ3) is 2.51. The van der Waals surface area contributed by atoms with Crippen molar-refractivity contribution in [3.05, 3.63) is 29.0 Å². The number of carbonyl (C=O) groups is 1. The molecule has 1 aliphatic heterocycles. The highest BCUT2D eigenvalue weighted by Crippen LogP contribution is 2.35. The van der Waals surface area contributed by atoms with Crippen molar-refractivity contribution in [1.82, 2.24) is 9.55 Å². The van der Waals surface area contributed by atoms with Crippen LogP contribution >= 0.6 is 11.6 Å². The van der Waals surface area contributed by atoms with E-state index in [4.69, 9.17) is 21.4 Å². The molecule has 1 fully saturated rings. The molecule has 2 heterocycles. The molecule has 1 aliphatic rings. The number of para-hydroxylation sites is 1. The number of aliphatic carboxylic acids is 1. The maximum absolute atomic E-state index is 11.0. The highest BCUT2D eigenvalue weighted by atomic mass is 35.5. The molecule has 0 radical (unpaired) electrons. The first-order chi connectivity index (χ1) is 10.1. The molecular weight excluding hydrogens is 292 g/mol. The van der Waals surface area contributed by atoms with Crippen LogP contribution in [0.25, 0.3) is 11.0 Å². The Morgan fingerprint density at radius 1 is 1.52 bits per heavy atom. The van der Waals surface area contributed by atoms with Crippen molar-refractivity contribution >= 4 is 28.6 Å². The van der Waals surface area contributed by atoms with E-state index in [1.54, 1.807) is 0 Å². The third-order valence-electron chi connectivity index (χ3n) is 3.78. The predicted octanol–water partition coefficient (Wildman–Crippen LogP) is 3.40. The Morgan fingerprint density at radius 2 is 2.33 bits per heavy atom. The molecule has 6 heteroatoms. The van der Waals surface area contributed by atoms with Crippen molar-refractivity contribution in [2.24, 2.45) is 0 Å². The number of hydrogen-bond donors (Lipinski definition) is 1. The Morgan fingerprint density at radius 3 is 3.00 bits per heavy atom. The van der Waals surface area contributed by atoms with Crippen LogP contribution in [-0.4, -0.2) is 26.7 Å². The first-order valence-electron chi connectivity index (χ1n) is 7.14. The van der Waals surface area contributed by atoms with E-state index < -0.39 is 12.1 Å². The van der Waals surface area contributed by atoms with Gasteiger partial charge in [-0.25, -0.2) is 9.78 Å². The van der Waals surface area contributed by atoms with Crippen molar-refractivity contribution in [3.8, 4) is 0 Å². The Bertz CT molecular complexity index is 683. The number of ether oxygens (including phenoxy) is 1. The summed E-state index contributed by atoms with van der Waals surface area (Å²) in [6.45, 7) is 2.87. The Hall–Kier alpha value is -1.59. The van der Waals surface area contributed by atoms with Gasteiger partial charge in [0.2, 0.25) is 0 Å². The van der Waals surface area contributed by atoms with Gasteiger partial charge in [0.1, 0.15) is 11.9 Å². The summed E-state index contributed by atoms with van der Waals surface area (Å²) in [7, 11) is 0. The fourth-order valence-electron chi connectivity index (χ4n) is 2.86. The maximum Gasteiger partial charge on any atom is 0.332 e. The van der Waals surface area contributed by atoms with E-state index >= 15 is 0 Å². The highest BCUT2D eigenvalue weighted by Gasteiger charge is 2.34. The summed E-state index contributed by atoms with van der Waals surface area (Å²) in [5.74, 6) is -0.127. The zero-order valence-electron chi connectivity index (χ0n) is 11.8. The number of aryl methyl sites for hydroxylation is 1. The van der Waals surface area contributed by atoms with Gasteiger partial charge in [-0.1, -0.05) is 24.6 Å². The highest BCUT2D eigenvalue weighted by molar-refractivity contribution is 6.35. The van der Waals surface area contributed by atoms with Gasteiger partial charge in [-0.3, -0.25) is 0 Å². The van der Waals surface area contributed by atoms with Crippen LogP contribution in [0.5, 0.6) is 0 Å². The number of hydrogen-bond acceptors (Lipinski definition) is 3. The Labute approximate surface area is 127 Å². The monoisotopic (exact) mass is 308 g/mol. The first kappa shape index (κ1) is 14.4. The van der Waals surface area contributed by atoms with Crippen LogP contribution in [0.2, 0.25) is 5.02 Å². The number of carboxylic acid groups (broad SMARTS) is 1. The SMILES string of the molecule is CCCn1c(C2CCC(C(=O)O)O2)nc2cccc(Cl)c21. The molecule has 2 unspecified atom stereocenters. The van der Waals surface area contributed by atoms with Crippen molar-refractivity contribution in [2.45, 2.75) is 44.9 Å². The van der Waals surface area contributed by atoms with Crippen molar-refractivity contribution in [3.63, 3.8) is 0 Å². The van der Waals surface area contributed by atoms with Crippen LogP contribution < -0.4 is 0 Å². The summed E-state index contributed by atoms with van der Waals surface area (Å²) in [4.78, 5) is 15.7. The number of nitrogens with zero attached hydrogens (tertiary/aromatic N) is 2. The molecule has 3 rings (SSSR count). The number of aromatic nitrogens is 2. The zero-order chi connectivity index (χ0) is 15.0. The molecule has 5 nitrogen and oxygen atoms in total. The van der Waals surface area contributed by atoms with E-state index in [1.807, 2.05) is 18.2 Å². The molecule has 1 aromatic carbocycles. The molecule has 112 valence electrons. The molecule has 21 heavy (non-hydrogen) atoms. The number of halogens is 1. The summed E-state index contributed by atoms with van der Waals surface area (Å²) in [5.41, 5.74) is 1.73. The van der Waals surface area contributed by atoms with E-state index in [2.05, 4.69) is 16.5 Å². The molecule has 2 aromatic rings. The van der Waals surface area contributed by atoms with Crippen LogP contribution in [0.15, 0.2) is 18.2 Å². The number of carboxylic acids is 1. The Kier molecular flexibility index (Phi) is 3.87. The lowest BCUT2D eigenvalue weighted by molar-refractivity contribution is -0.149. The number of rotatable bonds is 4. The third-order valence-corrected chi connectivity index (χ3v) is 4.08. The second-order valence-corrected chi connectivity index (χ2v) is 5.67. The Balaban J connectivity index is 2.04. The fourth-order valence-corrected chi connectivity index (χ4v) is 3.14. The quantitative estimate of drug-likeness (QED) is 0.940. The van der Waals surface area contributed by atoms with Gasteiger partial charge in [0.15, 0.2) is 6.10 Å². The lowest BCUT2D eigenvalue weighted by Crippen LogP contribution is -2.19. The van der Waals surface area contributed by atoms with Gasteiger partial charge < -0.3 is 14.4 Å². The zero-order valence-corrected chi connectivity index (χ0v) is 12.5. The summed E-state index contributed by atoms with van der Waals surface area (Å²) in [6, 6.07) is 5.63. The first-order valence-corrected chi connectivity index (χ1v) is 7.52. The standard InChI is InChI=1S/C15H17ClN2O3/c1-2-8-18-13-9(16)4-3-5-10(13)17-14(18)11-6-7-12(21-11)15(19)20/h3-5,11-12H,2,6-8H2,1H3,(H,19,20). The summed E-state index contributed by atoms with van der Waals surface area (Å²) >= 11 is 6.30. The average Bonchev–Trinajstić information content (AvgIpc) is 3.04. The predicted molar refractivity (Wildman–Crippen MR) is 79.5 cm³/mol. The van der Waals surface area contributed by atoms with Gasteiger partial charge in [0.25, 0.3) is 0 Å². The normalized spacial score (nSPS) is 22.0. The van der Waals surface area contributed by atoms with Gasteiger partial charge in [0, 0.05) is 6.54 Å². The van der Waals surface area contributed by atoms with E-state index in [0.717, 1.165) is 29.8 Å². The fraction of sp³-hybridized carbons (Fsp3) is 0.467. The molecule has 0 spiro atoms. The molecule has 1 aromatic heterocycles. The van der Waals surface area contributed by atoms with E-state index in [1.165, 1.54) is 0 Å². The van der Waals surface area contributed by atoms with Gasteiger partial charge >= 0.3 is 5.97 Å².